The molecule has 0 rings (SSSR count). The van der Waals surface area contributed by atoms with Gasteiger partial charge in [-0.1, -0.05) is 291 Å². The fourth-order valence-electron chi connectivity index (χ4n) is 8.99. The maximum absolute atomic E-state index is 12.9. The van der Waals surface area contributed by atoms with Gasteiger partial charge in [-0.25, -0.2) is 0 Å². The quantitative estimate of drug-likeness (QED) is 0.0261. The number of allylic oxidation sites excluding steroid dienone is 18. The fraction of sp³-hybridized carbons (Fsp3) is 0.704. The zero-order valence-corrected chi connectivity index (χ0v) is 50.4. The summed E-state index contributed by atoms with van der Waals surface area (Å²) in [5, 5.41) is 0. The SMILES string of the molecule is CC/C=C\C/C=C\C/C=C\C/C=C\C/C=C\CCCCCCCC(=O)OCC(COC(=O)CCCCCC/C=C\C/C=C\C/C=C\C/C=C\CC)OC(=O)CCCCCCCCCCCCCCCCCCCCCCC. The van der Waals surface area contributed by atoms with Crippen molar-refractivity contribution in [3.8, 4) is 0 Å². The summed E-state index contributed by atoms with van der Waals surface area (Å²) in [5.41, 5.74) is 0. The molecule has 6 nitrogen and oxygen atoms in total. The molecule has 77 heavy (non-hydrogen) atoms. The molecule has 0 saturated heterocycles. The minimum absolute atomic E-state index is 0.0955. The van der Waals surface area contributed by atoms with Gasteiger partial charge in [0, 0.05) is 19.3 Å². The third-order valence-electron chi connectivity index (χ3n) is 13.8. The number of ether oxygens (including phenoxy) is 3. The Morgan fingerprint density at radius 1 is 0.273 bits per heavy atom. The molecule has 0 saturated carbocycles. The molecule has 1 atom stereocenters. The van der Waals surface area contributed by atoms with Crippen LogP contribution in [0, 0.1) is 0 Å². The third-order valence-corrected chi connectivity index (χ3v) is 13.8. The fourth-order valence-corrected chi connectivity index (χ4v) is 8.99. The first-order valence-corrected chi connectivity index (χ1v) is 32.4. The molecule has 0 aromatic carbocycles. The van der Waals surface area contributed by atoms with Crippen molar-refractivity contribution in [2.75, 3.05) is 13.2 Å². The Hall–Kier alpha value is -3.93. The number of hydrogen-bond donors (Lipinski definition) is 0. The number of carbonyl (C=O) groups is 3. The summed E-state index contributed by atoms with van der Waals surface area (Å²) in [6, 6.07) is 0. The minimum Gasteiger partial charge on any atom is -0.462 e. The van der Waals surface area contributed by atoms with Gasteiger partial charge in [-0.2, -0.15) is 0 Å². The molecule has 0 fully saturated rings. The highest BCUT2D eigenvalue weighted by Gasteiger charge is 2.19. The lowest BCUT2D eigenvalue weighted by Gasteiger charge is -2.18. The third kappa shape index (κ3) is 62.8. The number of unbranched alkanes of at least 4 members (excludes halogenated alkanes) is 29. The summed E-state index contributed by atoms with van der Waals surface area (Å²) in [7, 11) is 0. The molecule has 1 unspecified atom stereocenters. The van der Waals surface area contributed by atoms with E-state index in [1.807, 2.05) is 0 Å². The normalized spacial score (nSPS) is 12.8. The zero-order valence-electron chi connectivity index (χ0n) is 50.4. The first-order chi connectivity index (χ1) is 38.0. The second kappa shape index (κ2) is 64.6. The van der Waals surface area contributed by atoms with Gasteiger partial charge >= 0.3 is 17.9 Å². The molecular formula is C71H120O6. The van der Waals surface area contributed by atoms with Gasteiger partial charge in [-0.3, -0.25) is 14.4 Å². The number of carbonyl (C=O) groups excluding carboxylic acids is 3. The van der Waals surface area contributed by atoms with Crippen LogP contribution in [-0.4, -0.2) is 37.2 Å². The standard InChI is InChI=1S/C71H120O6/c1-4-7-10-13-16-19-22-25-28-31-33-35-37-40-43-46-49-52-55-58-61-64-70(73)76-67-68(66-75-69(72)63-60-57-54-51-48-45-42-39-30-27-24-21-18-15-12-9-6-3)77-71(74)65-62-59-56-53-50-47-44-41-38-36-34-32-29-26-23-20-17-14-11-8-5-2/h7,9-10,12,16,18-19,21,25,27-28,30,33,35,40,42-43,45,68H,4-6,8,11,13-15,17,20,22-24,26,29,31-32,34,36-39,41,44,46-67H2,1-3H3/b10-7-,12-9-,19-16-,21-18-,28-25-,30-27-,35-33-,43-40-,45-42-. The monoisotopic (exact) mass is 1070 g/mol. The van der Waals surface area contributed by atoms with Crippen molar-refractivity contribution in [3.63, 3.8) is 0 Å². The maximum Gasteiger partial charge on any atom is 0.306 e. The highest BCUT2D eigenvalue weighted by atomic mass is 16.6. The number of hydrogen-bond acceptors (Lipinski definition) is 6. The van der Waals surface area contributed by atoms with Crippen LogP contribution in [0.4, 0.5) is 0 Å². The summed E-state index contributed by atoms with van der Waals surface area (Å²) in [6.07, 6.45) is 88.1. The minimum atomic E-state index is -0.799. The molecule has 0 aromatic rings. The van der Waals surface area contributed by atoms with Crippen LogP contribution < -0.4 is 0 Å². The summed E-state index contributed by atoms with van der Waals surface area (Å²) in [4.78, 5) is 38.4. The average molecular weight is 1070 g/mol. The second-order valence-electron chi connectivity index (χ2n) is 21.3. The van der Waals surface area contributed by atoms with Crippen molar-refractivity contribution < 1.29 is 28.6 Å². The molecule has 0 bridgehead atoms. The highest BCUT2D eigenvalue weighted by molar-refractivity contribution is 5.71. The first kappa shape index (κ1) is 73.1. The average Bonchev–Trinajstić information content (AvgIpc) is 3.43. The van der Waals surface area contributed by atoms with E-state index in [1.54, 1.807) is 0 Å². The van der Waals surface area contributed by atoms with Gasteiger partial charge < -0.3 is 14.2 Å². The first-order valence-electron chi connectivity index (χ1n) is 32.4. The molecular weight excluding hydrogens is 949 g/mol. The van der Waals surface area contributed by atoms with Gasteiger partial charge in [0.05, 0.1) is 0 Å². The van der Waals surface area contributed by atoms with Crippen LogP contribution in [0.3, 0.4) is 0 Å². The van der Waals surface area contributed by atoms with E-state index in [9.17, 15) is 14.4 Å². The molecule has 6 heteroatoms. The Morgan fingerprint density at radius 3 is 0.792 bits per heavy atom. The van der Waals surface area contributed by atoms with E-state index >= 15 is 0 Å². The van der Waals surface area contributed by atoms with Gasteiger partial charge in [-0.15, -0.1) is 0 Å². The predicted molar refractivity (Wildman–Crippen MR) is 334 cm³/mol. The van der Waals surface area contributed by atoms with Crippen LogP contribution in [0.2, 0.25) is 0 Å². The lowest BCUT2D eigenvalue weighted by molar-refractivity contribution is -0.167. The van der Waals surface area contributed by atoms with E-state index in [4.69, 9.17) is 14.2 Å². The summed E-state index contributed by atoms with van der Waals surface area (Å²) < 4.78 is 16.9. The smallest absolute Gasteiger partial charge is 0.306 e. The van der Waals surface area contributed by atoms with Crippen molar-refractivity contribution in [3.05, 3.63) is 109 Å². The Morgan fingerprint density at radius 2 is 0.506 bits per heavy atom. The molecule has 0 amide bonds. The predicted octanol–water partition coefficient (Wildman–Crippen LogP) is 22.2. The van der Waals surface area contributed by atoms with E-state index in [0.29, 0.717) is 19.3 Å². The van der Waals surface area contributed by atoms with Gasteiger partial charge in [0.25, 0.3) is 0 Å². The zero-order chi connectivity index (χ0) is 55.7. The van der Waals surface area contributed by atoms with Crippen molar-refractivity contribution in [1.82, 2.24) is 0 Å². The van der Waals surface area contributed by atoms with Crippen LogP contribution in [0.1, 0.15) is 303 Å². The van der Waals surface area contributed by atoms with E-state index in [-0.39, 0.29) is 31.1 Å². The van der Waals surface area contributed by atoms with E-state index < -0.39 is 6.10 Å². The van der Waals surface area contributed by atoms with Gasteiger partial charge in [-0.05, 0) is 103 Å². The van der Waals surface area contributed by atoms with Crippen molar-refractivity contribution in [1.29, 1.82) is 0 Å². The molecule has 0 heterocycles. The van der Waals surface area contributed by atoms with Gasteiger partial charge in [0.1, 0.15) is 13.2 Å². The highest BCUT2D eigenvalue weighted by Crippen LogP contribution is 2.17. The van der Waals surface area contributed by atoms with Crippen molar-refractivity contribution >= 4 is 17.9 Å². The Kier molecular flexibility index (Phi) is 61.3. The lowest BCUT2D eigenvalue weighted by Crippen LogP contribution is -2.30. The Balaban J connectivity index is 4.44. The van der Waals surface area contributed by atoms with Crippen LogP contribution in [0.15, 0.2) is 109 Å². The van der Waals surface area contributed by atoms with Crippen LogP contribution in [0.5, 0.6) is 0 Å². The topological polar surface area (TPSA) is 78.9 Å². The largest absolute Gasteiger partial charge is 0.462 e. The number of rotatable bonds is 58. The van der Waals surface area contributed by atoms with Crippen LogP contribution in [-0.2, 0) is 28.6 Å². The molecule has 0 spiro atoms. The van der Waals surface area contributed by atoms with Crippen molar-refractivity contribution in [2.45, 2.75) is 309 Å². The molecule has 0 aliphatic carbocycles. The number of esters is 3. The van der Waals surface area contributed by atoms with Gasteiger partial charge in [0.15, 0.2) is 6.10 Å². The molecule has 0 aliphatic heterocycles. The van der Waals surface area contributed by atoms with Crippen molar-refractivity contribution in [2.24, 2.45) is 0 Å². The van der Waals surface area contributed by atoms with Crippen LogP contribution in [0.25, 0.3) is 0 Å². The maximum atomic E-state index is 12.9. The molecule has 0 aliphatic rings. The Bertz CT molecular complexity index is 1560. The Labute approximate surface area is 476 Å². The molecule has 0 aromatic heterocycles. The molecule has 440 valence electrons. The summed E-state index contributed by atoms with van der Waals surface area (Å²) in [5.74, 6) is -0.925. The summed E-state index contributed by atoms with van der Waals surface area (Å²) in [6.45, 7) is 6.41. The van der Waals surface area contributed by atoms with E-state index in [2.05, 4.69) is 130 Å². The van der Waals surface area contributed by atoms with E-state index in [1.165, 1.54) is 116 Å². The second-order valence-corrected chi connectivity index (χ2v) is 21.3. The molecule has 0 N–H and O–H groups in total. The van der Waals surface area contributed by atoms with Crippen LogP contribution >= 0.6 is 0 Å². The van der Waals surface area contributed by atoms with E-state index in [0.717, 1.165) is 148 Å². The van der Waals surface area contributed by atoms with Gasteiger partial charge in [0.2, 0.25) is 0 Å². The lowest BCUT2D eigenvalue weighted by atomic mass is 10.0. The molecule has 0 radical (unpaired) electrons. The summed E-state index contributed by atoms with van der Waals surface area (Å²) >= 11 is 0.